The maximum absolute atomic E-state index is 10.8. The first-order chi connectivity index (χ1) is 10.2. The molecule has 0 amide bonds. The molecule has 21 heavy (non-hydrogen) atoms. The van der Waals surface area contributed by atoms with Crippen LogP contribution in [0.4, 0.5) is 0 Å². The van der Waals surface area contributed by atoms with Crippen molar-refractivity contribution in [2.45, 2.75) is 24.5 Å². The van der Waals surface area contributed by atoms with Gasteiger partial charge in [0.2, 0.25) is 0 Å². The number of carbonyl (C=O) groups is 1. The second-order valence-corrected chi connectivity index (χ2v) is 6.10. The summed E-state index contributed by atoms with van der Waals surface area (Å²) in [5.74, 6) is -0.436. The number of hydrogen-bond donors (Lipinski definition) is 1. The highest BCUT2D eigenvalue weighted by atomic mass is 32.2. The summed E-state index contributed by atoms with van der Waals surface area (Å²) in [6, 6.07) is 3.93. The number of aliphatic carboxylic acids is 1. The molecule has 2 aromatic heterocycles. The predicted octanol–water partition coefficient (Wildman–Crippen LogP) is 2.21. The van der Waals surface area contributed by atoms with Crippen LogP contribution in [0.15, 0.2) is 23.5 Å². The van der Waals surface area contributed by atoms with Gasteiger partial charge in [-0.3, -0.25) is 4.79 Å². The van der Waals surface area contributed by atoms with E-state index in [1.807, 2.05) is 12.1 Å². The third-order valence-corrected chi connectivity index (χ3v) is 4.73. The van der Waals surface area contributed by atoms with Gasteiger partial charge in [-0.05, 0) is 25.5 Å². The molecule has 3 rings (SSSR count). The number of thioether (sulfide) groups is 1. The molecule has 1 N–H and O–H groups in total. The number of carboxylic acid groups (broad SMARTS) is 1. The van der Waals surface area contributed by atoms with Crippen molar-refractivity contribution in [2.24, 2.45) is 5.92 Å². The first kappa shape index (κ1) is 14.3. The zero-order valence-corrected chi connectivity index (χ0v) is 12.5. The van der Waals surface area contributed by atoms with Crippen molar-refractivity contribution in [1.29, 1.82) is 0 Å². The first-order valence-electron chi connectivity index (χ1n) is 6.92. The molecule has 2 aromatic rings. The van der Waals surface area contributed by atoms with E-state index >= 15 is 0 Å². The summed E-state index contributed by atoms with van der Waals surface area (Å²) in [6.07, 6.45) is 2.75. The fourth-order valence-electron chi connectivity index (χ4n) is 2.65. The van der Waals surface area contributed by atoms with Crippen LogP contribution in [0.3, 0.4) is 0 Å². The molecule has 1 saturated heterocycles. The van der Waals surface area contributed by atoms with Crippen molar-refractivity contribution in [3.63, 3.8) is 0 Å². The van der Waals surface area contributed by atoms with Crippen LogP contribution in [0.25, 0.3) is 11.2 Å². The number of pyridine rings is 1. The molecule has 1 fully saturated rings. The molecule has 0 aromatic carbocycles. The van der Waals surface area contributed by atoms with Gasteiger partial charge in [0.15, 0.2) is 10.8 Å². The third kappa shape index (κ3) is 2.89. The standard InChI is InChI=1S/C14H17N3O3S/c1-9(10-4-6-20-7-10)17-13-11(3-2-5-15-13)16-14(17)21-8-12(18)19/h2-3,5,9-10H,4,6-8H2,1H3,(H,18,19). The van der Waals surface area contributed by atoms with Crippen molar-refractivity contribution in [3.05, 3.63) is 18.3 Å². The average molecular weight is 307 g/mol. The highest BCUT2D eigenvalue weighted by Crippen LogP contribution is 2.33. The summed E-state index contributed by atoms with van der Waals surface area (Å²) in [4.78, 5) is 19.8. The predicted molar refractivity (Wildman–Crippen MR) is 79.5 cm³/mol. The summed E-state index contributed by atoms with van der Waals surface area (Å²) in [5, 5.41) is 9.61. The van der Waals surface area contributed by atoms with Crippen LogP contribution in [0.2, 0.25) is 0 Å². The number of ether oxygens (including phenoxy) is 1. The number of fused-ring (bicyclic) bond motifs is 1. The second kappa shape index (κ2) is 6.03. The molecule has 7 heteroatoms. The lowest BCUT2D eigenvalue weighted by Crippen LogP contribution is -2.18. The molecule has 6 nitrogen and oxygen atoms in total. The van der Waals surface area contributed by atoms with E-state index in [0.717, 1.165) is 30.8 Å². The van der Waals surface area contributed by atoms with E-state index in [9.17, 15) is 4.79 Å². The minimum atomic E-state index is -0.844. The maximum Gasteiger partial charge on any atom is 0.313 e. The molecule has 0 aliphatic carbocycles. The van der Waals surface area contributed by atoms with E-state index < -0.39 is 5.97 Å². The Labute approximate surface area is 126 Å². The van der Waals surface area contributed by atoms with Gasteiger partial charge in [-0.1, -0.05) is 11.8 Å². The van der Waals surface area contributed by atoms with E-state index in [2.05, 4.69) is 21.5 Å². The number of imidazole rings is 1. The molecular weight excluding hydrogens is 290 g/mol. The summed E-state index contributed by atoms with van der Waals surface area (Å²) < 4.78 is 7.53. The summed E-state index contributed by atoms with van der Waals surface area (Å²) in [5.41, 5.74) is 1.61. The highest BCUT2D eigenvalue weighted by Gasteiger charge is 2.27. The fourth-order valence-corrected chi connectivity index (χ4v) is 3.46. The molecule has 0 radical (unpaired) electrons. The molecule has 1 aliphatic heterocycles. The number of hydrogen-bond acceptors (Lipinski definition) is 5. The minimum Gasteiger partial charge on any atom is -0.481 e. The SMILES string of the molecule is CC(C1CCOC1)n1c(SCC(=O)O)nc2cccnc21. The quantitative estimate of drug-likeness (QED) is 0.853. The summed E-state index contributed by atoms with van der Waals surface area (Å²) in [6.45, 7) is 3.64. The van der Waals surface area contributed by atoms with Gasteiger partial charge in [0.05, 0.1) is 12.4 Å². The van der Waals surface area contributed by atoms with Gasteiger partial charge >= 0.3 is 5.97 Å². The molecule has 0 bridgehead atoms. The molecule has 1 aliphatic rings. The first-order valence-corrected chi connectivity index (χ1v) is 7.90. The van der Waals surface area contributed by atoms with Crippen molar-refractivity contribution >= 4 is 28.9 Å². The number of aromatic nitrogens is 3. The van der Waals surface area contributed by atoms with Gasteiger partial charge in [-0.25, -0.2) is 9.97 Å². The molecule has 2 unspecified atom stereocenters. The summed E-state index contributed by atoms with van der Waals surface area (Å²) >= 11 is 1.24. The van der Waals surface area contributed by atoms with Crippen molar-refractivity contribution < 1.29 is 14.6 Å². The van der Waals surface area contributed by atoms with Crippen LogP contribution in [0, 0.1) is 5.92 Å². The average Bonchev–Trinajstić information content (AvgIpc) is 3.11. The number of carboxylic acids is 1. The Morgan fingerprint density at radius 3 is 3.24 bits per heavy atom. The van der Waals surface area contributed by atoms with Crippen LogP contribution in [-0.2, 0) is 9.53 Å². The van der Waals surface area contributed by atoms with Gasteiger partial charge in [-0.15, -0.1) is 0 Å². The molecular formula is C14H17N3O3S. The zero-order valence-electron chi connectivity index (χ0n) is 11.7. The Hall–Kier alpha value is -1.60. The van der Waals surface area contributed by atoms with Crippen LogP contribution in [0.1, 0.15) is 19.4 Å². The van der Waals surface area contributed by atoms with Gasteiger partial charge in [0.1, 0.15) is 5.52 Å². The summed E-state index contributed by atoms with van der Waals surface area (Å²) in [7, 11) is 0. The van der Waals surface area contributed by atoms with Gasteiger partial charge in [0, 0.05) is 24.8 Å². The number of rotatable bonds is 5. The highest BCUT2D eigenvalue weighted by molar-refractivity contribution is 7.99. The van der Waals surface area contributed by atoms with Gasteiger partial charge < -0.3 is 14.4 Å². The Kier molecular flexibility index (Phi) is 4.12. The molecule has 112 valence electrons. The van der Waals surface area contributed by atoms with Crippen LogP contribution in [0.5, 0.6) is 0 Å². The largest absolute Gasteiger partial charge is 0.481 e. The van der Waals surface area contributed by atoms with E-state index in [4.69, 9.17) is 9.84 Å². The Bertz CT molecular complexity index is 652. The zero-order chi connectivity index (χ0) is 14.8. The maximum atomic E-state index is 10.8. The van der Waals surface area contributed by atoms with Crippen molar-refractivity contribution in [1.82, 2.24) is 14.5 Å². The van der Waals surface area contributed by atoms with Crippen LogP contribution in [-0.4, -0.2) is 44.6 Å². The molecule has 3 heterocycles. The lowest BCUT2D eigenvalue weighted by atomic mass is 10.0. The van der Waals surface area contributed by atoms with Gasteiger partial charge in [-0.2, -0.15) is 0 Å². The molecule has 2 atom stereocenters. The third-order valence-electron chi connectivity index (χ3n) is 3.80. The van der Waals surface area contributed by atoms with Gasteiger partial charge in [0.25, 0.3) is 0 Å². The van der Waals surface area contributed by atoms with Crippen molar-refractivity contribution in [3.8, 4) is 0 Å². The monoisotopic (exact) mass is 307 g/mol. The topological polar surface area (TPSA) is 77.2 Å². The second-order valence-electron chi connectivity index (χ2n) is 5.16. The molecule has 0 spiro atoms. The van der Waals surface area contributed by atoms with Crippen LogP contribution >= 0.6 is 11.8 Å². The normalized spacial score (nSPS) is 20.0. The Balaban J connectivity index is 1.99. The van der Waals surface area contributed by atoms with E-state index in [0.29, 0.717) is 11.1 Å². The van der Waals surface area contributed by atoms with E-state index in [1.54, 1.807) is 6.20 Å². The Morgan fingerprint density at radius 2 is 2.52 bits per heavy atom. The fraction of sp³-hybridized carbons (Fsp3) is 0.500. The minimum absolute atomic E-state index is 0.00277. The number of nitrogens with zero attached hydrogens (tertiary/aromatic N) is 3. The smallest absolute Gasteiger partial charge is 0.313 e. The lowest BCUT2D eigenvalue weighted by Gasteiger charge is -2.21. The van der Waals surface area contributed by atoms with E-state index in [1.165, 1.54) is 11.8 Å². The molecule has 0 saturated carbocycles. The lowest BCUT2D eigenvalue weighted by molar-refractivity contribution is -0.133. The van der Waals surface area contributed by atoms with Crippen molar-refractivity contribution in [2.75, 3.05) is 19.0 Å². The Morgan fingerprint density at radius 1 is 1.67 bits per heavy atom. The van der Waals surface area contributed by atoms with Crippen LogP contribution < -0.4 is 0 Å². The van der Waals surface area contributed by atoms with E-state index in [-0.39, 0.29) is 11.8 Å².